The minimum atomic E-state index is -2.55. The Bertz CT molecular complexity index is 200. The second-order valence-electron chi connectivity index (χ2n) is 3.58. The molecule has 86 valence electrons. The van der Waals surface area contributed by atoms with E-state index in [1.165, 1.54) is 23.8 Å². The van der Waals surface area contributed by atoms with E-state index in [0.717, 1.165) is 19.3 Å². The summed E-state index contributed by atoms with van der Waals surface area (Å²) in [6.07, 6.45) is 5.58. The first kappa shape index (κ1) is 15.3. The molecule has 0 radical (unpaired) electrons. The Balaban J connectivity index is 4.70. The van der Waals surface area contributed by atoms with Crippen LogP contribution in [-0.2, 0) is 10.9 Å². The van der Waals surface area contributed by atoms with E-state index in [1.54, 1.807) is 0 Å². The molecule has 0 fully saturated rings. The molecule has 0 spiro atoms. The quantitative estimate of drug-likeness (QED) is 0.430. The van der Waals surface area contributed by atoms with Crippen LogP contribution in [0.25, 0.3) is 0 Å². The van der Waals surface area contributed by atoms with Crippen LogP contribution in [0.4, 0.5) is 0 Å². The second-order valence-corrected chi connectivity index (χ2v) is 13.6. The lowest BCUT2D eigenvalue weighted by molar-refractivity contribution is -0.148. The molecule has 0 rings (SSSR count). The zero-order valence-electron chi connectivity index (χ0n) is 9.19. The van der Waals surface area contributed by atoms with Gasteiger partial charge in [0.1, 0.15) is 0 Å². The molecule has 1 nitrogen and oxygen atoms in total. The first-order chi connectivity index (χ1) is 6.39. The summed E-state index contributed by atoms with van der Waals surface area (Å²) >= 11 is 8.12. The minimum absolute atomic E-state index is 0.120. The number of hydrogen-bond donors (Lipinski definition) is 2. The van der Waals surface area contributed by atoms with Gasteiger partial charge in [0, 0.05) is 19.3 Å². The highest BCUT2D eigenvalue weighted by Gasteiger charge is 2.36. The predicted molar refractivity (Wildman–Crippen MR) is 75.1 cm³/mol. The summed E-state index contributed by atoms with van der Waals surface area (Å²) in [4.78, 5) is 11.6. The van der Waals surface area contributed by atoms with Crippen LogP contribution in [0.3, 0.4) is 0 Å². The second kappa shape index (κ2) is 6.80. The van der Waals surface area contributed by atoms with E-state index in [2.05, 4.69) is 45.3 Å². The highest BCUT2D eigenvalue weighted by Crippen LogP contribution is 2.52. The SMILES string of the molecule is CCCCC(CC)(CC)[S+]=P([O-])(S)S. The van der Waals surface area contributed by atoms with Crippen molar-refractivity contribution in [3.8, 4) is 0 Å². The van der Waals surface area contributed by atoms with E-state index < -0.39 is 4.67 Å². The number of thiol groups is 2. The molecule has 0 atom stereocenters. The maximum atomic E-state index is 11.6. The Hall–Kier alpha value is 1.31. The van der Waals surface area contributed by atoms with Crippen molar-refractivity contribution in [2.75, 3.05) is 0 Å². The Morgan fingerprint density at radius 2 is 1.71 bits per heavy atom. The van der Waals surface area contributed by atoms with Gasteiger partial charge in [-0.3, -0.25) is 0 Å². The molecule has 0 aromatic heterocycles. The van der Waals surface area contributed by atoms with E-state index in [9.17, 15) is 4.89 Å². The molecule has 0 aromatic rings. The molecule has 0 heterocycles. The van der Waals surface area contributed by atoms with Gasteiger partial charge in [-0.1, -0.05) is 27.2 Å². The first-order valence-corrected chi connectivity index (χ1v) is 10.6. The number of rotatable bonds is 6. The maximum Gasteiger partial charge on any atom is 0.190 e. The zero-order valence-corrected chi connectivity index (χ0v) is 12.7. The van der Waals surface area contributed by atoms with Crippen molar-refractivity contribution in [2.24, 2.45) is 0 Å². The van der Waals surface area contributed by atoms with Gasteiger partial charge in [-0.05, 0) is 6.42 Å². The molecule has 14 heavy (non-hydrogen) atoms. The molecular weight excluding hydrogens is 251 g/mol. The molecule has 0 amide bonds. The van der Waals surface area contributed by atoms with Crippen LogP contribution in [0.1, 0.15) is 52.9 Å². The third kappa shape index (κ3) is 6.02. The molecule has 0 aliphatic heterocycles. The van der Waals surface area contributed by atoms with E-state index in [1.807, 2.05) is 0 Å². The zero-order chi connectivity index (χ0) is 11.2. The van der Waals surface area contributed by atoms with Crippen molar-refractivity contribution in [3.63, 3.8) is 0 Å². The van der Waals surface area contributed by atoms with Crippen LogP contribution in [0.15, 0.2) is 0 Å². The van der Waals surface area contributed by atoms with E-state index in [-0.39, 0.29) is 4.75 Å². The van der Waals surface area contributed by atoms with Crippen molar-refractivity contribution in [1.29, 1.82) is 0 Å². The molecule has 0 saturated carbocycles. The van der Waals surface area contributed by atoms with Crippen LogP contribution in [0.2, 0.25) is 0 Å². The third-order valence-corrected chi connectivity index (χ3v) is 7.34. The van der Waals surface area contributed by atoms with Crippen LogP contribution in [0, 0.1) is 0 Å². The summed E-state index contributed by atoms with van der Waals surface area (Å²) in [6, 6.07) is 0. The summed E-state index contributed by atoms with van der Waals surface area (Å²) in [5.74, 6) is 0. The Morgan fingerprint density at radius 3 is 2.00 bits per heavy atom. The summed E-state index contributed by atoms with van der Waals surface area (Å²) in [6.45, 7) is 6.49. The Morgan fingerprint density at radius 1 is 1.21 bits per heavy atom. The lowest BCUT2D eigenvalue weighted by Gasteiger charge is -2.20. The topological polar surface area (TPSA) is 23.1 Å². The van der Waals surface area contributed by atoms with Gasteiger partial charge in [0.15, 0.2) is 20.4 Å². The van der Waals surface area contributed by atoms with Crippen molar-refractivity contribution in [2.45, 2.75) is 57.6 Å². The van der Waals surface area contributed by atoms with Crippen molar-refractivity contribution in [3.05, 3.63) is 0 Å². The van der Waals surface area contributed by atoms with Crippen LogP contribution >= 0.6 is 29.2 Å². The molecule has 0 N–H and O–H groups in total. The number of unbranched alkanes of at least 4 members (excludes halogenated alkanes) is 1. The molecule has 5 heteroatoms. The molecule has 0 aliphatic carbocycles. The Labute approximate surface area is 102 Å². The summed E-state index contributed by atoms with van der Waals surface area (Å²) in [7, 11) is 1.47. The minimum Gasteiger partial charge on any atom is -0.770 e. The molecule has 0 aromatic carbocycles. The molecule has 0 saturated heterocycles. The fraction of sp³-hybridized carbons (Fsp3) is 1.00. The standard InChI is InChI=1S/C9H21OPS3/c1-4-7-8-9(5-2,6-3)14-11(10,12)13/h4-8H2,1-3H3,(H2-,10,12,13). The normalized spacial score (nSPS) is 13.0. The monoisotopic (exact) mass is 272 g/mol. The van der Waals surface area contributed by atoms with E-state index in [4.69, 9.17) is 0 Å². The smallest absolute Gasteiger partial charge is 0.190 e. The van der Waals surface area contributed by atoms with E-state index in [0.29, 0.717) is 0 Å². The van der Waals surface area contributed by atoms with Crippen LogP contribution in [0.5, 0.6) is 0 Å². The molecule has 0 aliphatic rings. The van der Waals surface area contributed by atoms with Gasteiger partial charge in [-0.15, -0.1) is 24.5 Å². The van der Waals surface area contributed by atoms with Gasteiger partial charge < -0.3 is 4.89 Å². The van der Waals surface area contributed by atoms with E-state index >= 15 is 0 Å². The highest BCUT2D eigenvalue weighted by molar-refractivity contribution is 8.91. The van der Waals surface area contributed by atoms with Gasteiger partial charge in [0.2, 0.25) is 0 Å². The number of hydrogen-bond acceptors (Lipinski definition) is 1. The summed E-state index contributed by atoms with van der Waals surface area (Å²) < 4.78 is -2.43. The highest BCUT2D eigenvalue weighted by atomic mass is 33.2. The predicted octanol–water partition coefficient (Wildman–Crippen LogP) is 3.72. The van der Waals surface area contributed by atoms with Gasteiger partial charge in [0.05, 0.1) is 0 Å². The lowest BCUT2D eigenvalue weighted by atomic mass is 9.95. The van der Waals surface area contributed by atoms with Crippen molar-refractivity contribution >= 4 is 40.1 Å². The summed E-state index contributed by atoms with van der Waals surface area (Å²) in [5, 5.41) is 0. The van der Waals surface area contributed by atoms with Gasteiger partial charge in [-0.25, -0.2) is 0 Å². The lowest BCUT2D eigenvalue weighted by Crippen LogP contribution is -2.26. The summed E-state index contributed by atoms with van der Waals surface area (Å²) in [5.41, 5.74) is 0. The average Bonchev–Trinajstić information content (AvgIpc) is 2.10. The van der Waals surface area contributed by atoms with Crippen LogP contribution in [-0.4, -0.2) is 4.75 Å². The molecular formula is C9H21OPS3. The fourth-order valence-electron chi connectivity index (χ4n) is 1.53. The Kier molecular flexibility index (Phi) is 7.43. The third-order valence-electron chi connectivity index (χ3n) is 2.59. The van der Waals surface area contributed by atoms with Gasteiger partial charge in [0.25, 0.3) is 0 Å². The van der Waals surface area contributed by atoms with Crippen LogP contribution < -0.4 is 4.89 Å². The largest absolute Gasteiger partial charge is 0.770 e. The molecule has 0 unspecified atom stereocenters. The van der Waals surface area contributed by atoms with Gasteiger partial charge in [-0.2, -0.15) is 0 Å². The fourth-order valence-corrected chi connectivity index (χ4v) is 8.21. The molecule has 0 bridgehead atoms. The van der Waals surface area contributed by atoms with Crippen molar-refractivity contribution < 1.29 is 4.89 Å². The first-order valence-electron chi connectivity index (χ1n) is 5.15. The van der Waals surface area contributed by atoms with Crippen molar-refractivity contribution in [1.82, 2.24) is 0 Å². The average molecular weight is 272 g/mol. The van der Waals surface area contributed by atoms with Gasteiger partial charge >= 0.3 is 0 Å². The maximum absolute atomic E-state index is 11.6.